The molecule has 1 amide bonds. The molecule has 9 heteroatoms. The number of aromatic amines is 1. The molecule has 0 bridgehead atoms. The molecule has 1 atom stereocenters. The molecule has 1 aliphatic rings. The number of carbonyl (C=O) groups excluding carboxylic acids is 1. The monoisotopic (exact) mass is 604 g/mol. The van der Waals surface area contributed by atoms with Gasteiger partial charge in [-0.3, -0.25) is 19.7 Å². The quantitative estimate of drug-likeness (QED) is 0.162. The molecule has 0 saturated carbocycles. The second-order valence-corrected chi connectivity index (χ2v) is 12.3. The van der Waals surface area contributed by atoms with E-state index in [1.807, 2.05) is 42.5 Å². The van der Waals surface area contributed by atoms with E-state index >= 15 is 0 Å². The number of hydrogen-bond donors (Lipinski definition) is 1. The Morgan fingerprint density at radius 1 is 0.955 bits per heavy atom. The number of nitro groups is 1. The molecule has 0 aliphatic carbocycles. The Morgan fingerprint density at radius 3 is 2.36 bits per heavy atom. The number of aromatic nitrogens is 1. The van der Waals surface area contributed by atoms with Crippen LogP contribution in [-0.2, 0) is 5.41 Å². The zero-order chi connectivity index (χ0) is 31.2. The molecular formula is C35H29ClN4O4. The first-order valence-electron chi connectivity index (χ1n) is 14.2. The van der Waals surface area contributed by atoms with Gasteiger partial charge >= 0.3 is 0 Å². The van der Waals surface area contributed by atoms with Crippen molar-refractivity contribution in [1.82, 2.24) is 9.99 Å². The number of nitro benzene ring substituents is 1. The summed E-state index contributed by atoms with van der Waals surface area (Å²) < 4.78 is 0. The minimum atomic E-state index is -0.683. The van der Waals surface area contributed by atoms with Gasteiger partial charge < -0.3 is 4.98 Å². The van der Waals surface area contributed by atoms with Crippen LogP contribution in [-0.4, -0.2) is 26.5 Å². The molecular weight excluding hydrogens is 576 g/mol. The fourth-order valence-electron chi connectivity index (χ4n) is 5.64. The van der Waals surface area contributed by atoms with Crippen molar-refractivity contribution in [3.8, 4) is 11.1 Å². The molecule has 2 heterocycles. The fourth-order valence-corrected chi connectivity index (χ4v) is 5.82. The number of benzene rings is 4. The van der Waals surface area contributed by atoms with E-state index < -0.39 is 11.0 Å². The molecule has 1 aliphatic heterocycles. The molecule has 220 valence electrons. The number of rotatable bonds is 5. The zero-order valence-electron chi connectivity index (χ0n) is 24.4. The number of halogens is 1. The first-order valence-corrected chi connectivity index (χ1v) is 14.6. The van der Waals surface area contributed by atoms with Crippen LogP contribution in [0.25, 0.3) is 22.0 Å². The normalized spacial score (nSPS) is 15.0. The van der Waals surface area contributed by atoms with Crippen LogP contribution in [0.1, 0.15) is 60.3 Å². The molecule has 5 aromatic rings. The number of hydrazone groups is 1. The molecule has 0 unspecified atom stereocenters. The Balaban J connectivity index is 1.54. The summed E-state index contributed by atoms with van der Waals surface area (Å²) >= 11 is 6.42. The fraction of sp³-hybridized carbons (Fsp3) is 0.171. The summed E-state index contributed by atoms with van der Waals surface area (Å²) in [6.07, 6.45) is 0.169. The summed E-state index contributed by atoms with van der Waals surface area (Å²) in [7, 11) is 0. The number of hydrogen-bond acceptors (Lipinski definition) is 5. The number of non-ortho nitro benzene ring substituents is 1. The highest BCUT2D eigenvalue weighted by molar-refractivity contribution is 6.31. The number of nitrogens with one attached hydrogen (secondary N) is 1. The summed E-state index contributed by atoms with van der Waals surface area (Å²) in [5.74, 6) is -0.376. The molecule has 1 aromatic heterocycles. The summed E-state index contributed by atoms with van der Waals surface area (Å²) in [5, 5.41) is 19.0. The Kier molecular flexibility index (Phi) is 7.39. The summed E-state index contributed by atoms with van der Waals surface area (Å²) in [4.78, 5) is 42.0. The van der Waals surface area contributed by atoms with Gasteiger partial charge in [-0.05, 0) is 52.4 Å². The van der Waals surface area contributed by atoms with Gasteiger partial charge in [-0.15, -0.1) is 0 Å². The van der Waals surface area contributed by atoms with Crippen molar-refractivity contribution >= 4 is 39.8 Å². The molecule has 0 spiro atoms. The zero-order valence-corrected chi connectivity index (χ0v) is 25.1. The SMILES string of the molecule is CC(C)(C)c1ccc(C(=O)N2N=C(c3c(-c4ccccc4)c4cc(Cl)ccc4[nH]c3=O)C[C@@H]2c2cccc([N+](=O)[O-])c2)cc1. The van der Waals surface area contributed by atoms with E-state index in [2.05, 4.69) is 25.8 Å². The van der Waals surface area contributed by atoms with Crippen molar-refractivity contribution in [2.75, 3.05) is 0 Å². The number of amides is 1. The van der Waals surface area contributed by atoms with Crippen LogP contribution in [0.3, 0.4) is 0 Å². The molecule has 6 rings (SSSR count). The van der Waals surface area contributed by atoms with Gasteiger partial charge in [-0.25, -0.2) is 5.01 Å². The van der Waals surface area contributed by atoms with Crippen molar-refractivity contribution in [3.63, 3.8) is 0 Å². The first-order chi connectivity index (χ1) is 21.0. The number of pyridine rings is 1. The van der Waals surface area contributed by atoms with Crippen LogP contribution in [0.5, 0.6) is 0 Å². The maximum absolute atomic E-state index is 14.1. The van der Waals surface area contributed by atoms with Gasteiger partial charge in [0.15, 0.2) is 0 Å². The molecule has 0 radical (unpaired) electrons. The number of H-pyrrole nitrogens is 1. The van der Waals surface area contributed by atoms with E-state index in [-0.39, 0.29) is 29.0 Å². The van der Waals surface area contributed by atoms with Crippen LogP contribution in [0, 0.1) is 10.1 Å². The molecule has 44 heavy (non-hydrogen) atoms. The minimum absolute atomic E-state index is 0.0963. The average Bonchev–Trinajstić information content (AvgIpc) is 3.45. The standard InChI is InChI=1S/C35H29ClN4O4/c1-35(2,3)24-14-12-22(13-15-24)34(42)39-30(23-10-7-11-26(18-23)40(43)44)20-29(38-39)32-31(21-8-5-4-6-9-21)27-19-25(36)16-17-28(27)37-33(32)41/h4-19,30H,20H2,1-3H3,(H,37,41)/t30-/m1/s1. The largest absolute Gasteiger partial charge is 0.321 e. The number of nitrogens with zero attached hydrogens (tertiary/aromatic N) is 3. The maximum Gasteiger partial charge on any atom is 0.274 e. The second-order valence-electron chi connectivity index (χ2n) is 11.9. The van der Waals surface area contributed by atoms with Gasteiger partial charge in [-0.2, -0.15) is 5.10 Å². The van der Waals surface area contributed by atoms with Crippen LogP contribution < -0.4 is 5.56 Å². The highest BCUT2D eigenvalue weighted by Gasteiger charge is 2.36. The van der Waals surface area contributed by atoms with Crippen molar-refractivity contribution in [2.45, 2.75) is 38.6 Å². The average molecular weight is 605 g/mol. The lowest BCUT2D eigenvalue weighted by molar-refractivity contribution is -0.384. The van der Waals surface area contributed by atoms with E-state index in [9.17, 15) is 19.7 Å². The predicted octanol–water partition coefficient (Wildman–Crippen LogP) is 8.05. The van der Waals surface area contributed by atoms with Gasteiger partial charge in [0.05, 0.1) is 22.2 Å². The Morgan fingerprint density at radius 2 is 1.68 bits per heavy atom. The van der Waals surface area contributed by atoms with Crippen LogP contribution >= 0.6 is 11.6 Å². The maximum atomic E-state index is 14.1. The van der Waals surface area contributed by atoms with Crippen molar-refractivity contribution in [1.29, 1.82) is 0 Å². The van der Waals surface area contributed by atoms with Gasteiger partial charge in [-0.1, -0.05) is 87.0 Å². The van der Waals surface area contributed by atoms with E-state index in [1.165, 1.54) is 17.1 Å². The lowest BCUT2D eigenvalue weighted by Gasteiger charge is -2.23. The van der Waals surface area contributed by atoms with Gasteiger partial charge in [0.1, 0.15) is 0 Å². The highest BCUT2D eigenvalue weighted by atomic mass is 35.5. The lowest BCUT2D eigenvalue weighted by Crippen LogP contribution is -2.27. The first kappa shape index (κ1) is 29.0. The Labute approximate surface area is 258 Å². The van der Waals surface area contributed by atoms with Crippen molar-refractivity contribution in [3.05, 3.63) is 145 Å². The van der Waals surface area contributed by atoms with E-state index in [0.717, 1.165) is 16.5 Å². The van der Waals surface area contributed by atoms with Crippen LogP contribution in [0.15, 0.2) is 107 Å². The minimum Gasteiger partial charge on any atom is -0.321 e. The number of fused-ring (bicyclic) bond motifs is 1. The lowest BCUT2D eigenvalue weighted by atomic mass is 9.86. The Hall–Kier alpha value is -5.08. The van der Waals surface area contributed by atoms with Gasteiger partial charge in [0.2, 0.25) is 0 Å². The molecule has 1 N–H and O–H groups in total. The third kappa shape index (κ3) is 5.40. The Bertz CT molecular complexity index is 2010. The molecule has 0 saturated heterocycles. The predicted molar refractivity (Wildman–Crippen MR) is 173 cm³/mol. The van der Waals surface area contributed by atoms with E-state index in [0.29, 0.717) is 38.5 Å². The third-order valence-corrected chi connectivity index (χ3v) is 8.14. The van der Waals surface area contributed by atoms with Gasteiger partial charge in [0.25, 0.3) is 17.2 Å². The molecule has 4 aromatic carbocycles. The van der Waals surface area contributed by atoms with E-state index in [4.69, 9.17) is 16.7 Å². The molecule has 8 nitrogen and oxygen atoms in total. The smallest absolute Gasteiger partial charge is 0.274 e. The second kappa shape index (κ2) is 11.2. The highest BCUT2D eigenvalue weighted by Crippen LogP contribution is 2.39. The molecule has 0 fully saturated rings. The summed E-state index contributed by atoms with van der Waals surface area (Å²) in [6.45, 7) is 6.29. The third-order valence-electron chi connectivity index (χ3n) is 7.91. The topological polar surface area (TPSA) is 109 Å². The van der Waals surface area contributed by atoms with Crippen molar-refractivity contribution in [2.24, 2.45) is 5.10 Å². The van der Waals surface area contributed by atoms with Gasteiger partial charge in [0, 0.05) is 45.6 Å². The number of carbonyl (C=O) groups is 1. The summed E-state index contributed by atoms with van der Waals surface area (Å²) in [5.41, 5.74) is 4.24. The van der Waals surface area contributed by atoms with Crippen molar-refractivity contribution < 1.29 is 9.72 Å². The summed E-state index contributed by atoms with van der Waals surface area (Å²) in [6, 6.07) is 27.6. The van der Waals surface area contributed by atoms with E-state index in [1.54, 1.807) is 42.5 Å². The van der Waals surface area contributed by atoms with Crippen LogP contribution in [0.2, 0.25) is 5.02 Å². The van der Waals surface area contributed by atoms with Crippen LogP contribution in [0.4, 0.5) is 5.69 Å².